The van der Waals surface area contributed by atoms with Gasteiger partial charge in [-0.3, -0.25) is 9.67 Å². The van der Waals surface area contributed by atoms with Gasteiger partial charge in [-0.25, -0.2) is 29.5 Å². The van der Waals surface area contributed by atoms with Crippen molar-refractivity contribution >= 4 is 44.2 Å². The van der Waals surface area contributed by atoms with Gasteiger partial charge in [0, 0.05) is 42.1 Å². The highest BCUT2D eigenvalue weighted by Crippen LogP contribution is 2.37. The van der Waals surface area contributed by atoms with Crippen molar-refractivity contribution in [2.24, 2.45) is 10.7 Å². The number of fused-ring (bicyclic) bond motifs is 2. The lowest BCUT2D eigenvalue weighted by Gasteiger charge is -2.40. The molecule has 81 heavy (non-hydrogen) atoms. The number of hydrogen-bond acceptors (Lipinski definition) is 15. The third-order valence-corrected chi connectivity index (χ3v) is 20.0. The molecule has 2 atom stereocenters. The lowest BCUT2D eigenvalue weighted by Crippen LogP contribution is -2.58. The molecule has 2 aliphatic heterocycles. The lowest BCUT2D eigenvalue weighted by atomic mass is 9.95. The van der Waals surface area contributed by atoms with E-state index in [9.17, 15) is 9.59 Å². The number of anilines is 3. The molecule has 2 unspecified atom stereocenters. The van der Waals surface area contributed by atoms with E-state index in [0.29, 0.717) is 63.5 Å². The molecule has 436 valence electrons. The van der Waals surface area contributed by atoms with E-state index in [1.165, 1.54) is 28.5 Å². The molecule has 0 saturated carbocycles. The maximum absolute atomic E-state index is 13.0. The number of carbonyl (C=O) groups excluding carboxylic acids is 2. The molecule has 2 fully saturated rings. The van der Waals surface area contributed by atoms with Crippen LogP contribution < -0.4 is 27.0 Å². The van der Waals surface area contributed by atoms with Crippen LogP contribution in [0.5, 0.6) is 0 Å². The Bertz CT molecular complexity index is 2950. The zero-order chi connectivity index (χ0) is 57.7. The molecule has 4 amide bonds. The van der Waals surface area contributed by atoms with Gasteiger partial charge in [0.1, 0.15) is 0 Å². The molecule has 0 radical (unpaired) electrons. The molecular weight excluding hydrogens is 1040 g/mol. The van der Waals surface area contributed by atoms with E-state index in [4.69, 9.17) is 29.7 Å². The number of nitrogens with zero attached hydrogens (tertiary/aromatic N) is 9. The highest BCUT2D eigenvalue weighted by Gasteiger charge is 2.38. The molecule has 20 nitrogen and oxygen atoms in total. The van der Waals surface area contributed by atoms with Crippen molar-refractivity contribution in [3.8, 4) is 22.5 Å². The number of aliphatic hydroxyl groups excluding tert-OH is 1. The second-order valence-electron chi connectivity index (χ2n) is 23.5. The molecular formula is C60H86N14O6Si. The fourth-order valence-electron chi connectivity index (χ4n) is 10.1. The fraction of sp³-hybridized carbons (Fsp3) is 0.533. The summed E-state index contributed by atoms with van der Waals surface area (Å²) in [5.41, 5.74) is 15.6. The largest absolute Gasteiger partial charge is 0.415 e. The Hall–Kier alpha value is -6.78. The van der Waals surface area contributed by atoms with Crippen molar-refractivity contribution in [3.05, 3.63) is 107 Å². The number of ether oxygens (including phenoxy) is 2. The van der Waals surface area contributed by atoms with Crippen LogP contribution >= 0.6 is 0 Å². The minimum absolute atomic E-state index is 0.00515. The quantitative estimate of drug-likeness (QED) is 0.0256. The maximum atomic E-state index is 13.0. The predicted molar refractivity (Wildman–Crippen MR) is 321 cm³/mol. The number of nitrogens with one attached hydrogen (secondary N) is 4. The number of carbonyl (C=O) groups is 2. The van der Waals surface area contributed by atoms with Crippen molar-refractivity contribution in [2.75, 3.05) is 56.6 Å². The van der Waals surface area contributed by atoms with Gasteiger partial charge < -0.3 is 55.8 Å². The molecule has 7 N–H and O–H groups in total. The standard InChI is InChI=1S/C33H49N7O3Si.C27H37N7O3/c1-23(2)43-27-21-39(22-27)32(41)38-30-11-9-8-10-24-18-25(12-13-28(24)30)29-14-15-34-31(37-29)36-26-19-35-40(20-26)16-17-42-44(6,7)33(3,4)5;1-18(2)37-22-16-34(17-22)27(36)33-25-6-4-3-5-19-13-20(7-8-23(19)25)24-9-10-30-26(32-24)31-21(14-28)15-29-11-12-35/h12-15,18-20,23,27,30H,8-11,16-17,21-22H2,1-7H3,(H,38,41)(H,34,36,37);7-10,13-15,18,22,25,35H,3-6,11-12,16-17,28H2,1-2H3,(H,33,36)(H,30,31,32). The van der Waals surface area contributed by atoms with Gasteiger partial charge in [-0.1, -0.05) is 57.9 Å². The molecule has 2 aliphatic carbocycles. The Morgan fingerprint density at radius 2 is 1.32 bits per heavy atom. The minimum atomic E-state index is -1.79. The van der Waals surface area contributed by atoms with E-state index >= 15 is 0 Å². The van der Waals surface area contributed by atoms with Gasteiger partial charge in [-0.05, 0) is 131 Å². The van der Waals surface area contributed by atoms with Crippen molar-refractivity contribution in [1.29, 1.82) is 0 Å². The molecule has 5 heterocycles. The first kappa shape index (κ1) is 60.3. The van der Waals surface area contributed by atoms with Gasteiger partial charge in [-0.15, -0.1) is 0 Å². The molecule has 5 aromatic rings. The van der Waals surface area contributed by atoms with Crippen LogP contribution in [-0.2, 0) is 33.3 Å². The Labute approximate surface area is 479 Å². The lowest BCUT2D eigenvalue weighted by molar-refractivity contribution is -0.0645. The van der Waals surface area contributed by atoms with Crippen LogP contribution in [-0.4, -0.2) is 142 Å². The summed E-state index contributed by atoms with van der Waals surface area (Å²) in [6, 6.07) is 16.6. The number of aryl methyl sites for hydroxylation is 2. The average molecular weight is 1130 g/mol. The zero-order valence-electron chi connectivity index (χ0n) is 49.0. The van der Waals surface area contributed by atoms with Crippen LogP contribution in [0.25, 0.3) is 22.5 Å². The predicted octanol–water partition coefficient (Wildman–Crippen LogP) is 9.70. The van der Waals surface area contributed by atoms with E-state index < -0.39 is 8.32 Å². The second kappa shape index (κ2) is 27.8. The van der Waals surface area contributed by atoms with Crippen LogP contribution in [0.1, 0.15) is 121 Å². The maximum Gasteiger partial charge on any atom is 0.318 e. The van der Waals surface area contributed by atoms with Crippen molar-refractivity contribution in [1.82, 2.24) is 50.1 Å². The highest BCUT2D eigenvalue weighted by atomic mass is 28.4. The van der Waals surface area contributed by atoms with Crippen molar-refractivity contribution < 1.29 is 28.6 Å². The Kier molecular flexibility index (Phi) is 20.7. The topological polar surface area (TPSA) is 244 Å². The number of allylic oxidation sites excluding steroid dienone is 1. The van der Waals surface area contributed by atoms with Crippen LogP contribution in [0.4, 0.5) is 27.2 Å². The first-order chi connectivity index (χ1) is 38.8. The average Bonchev–Trinajstić information content (AvgIpc) is 3.85. The summed E-state index contributed by atoms with van der Waals surface area (Å²) in [5, 5.41) is 26.5. The van der Waals surface area contributed by atoms with Crippen molar-refractivity contribution in [3.63, 3.8) is 0 Å². The normalized spacial score (nSPS) is 18.0. The zero-order valence-corrected chi connectivity index (χ0v) is 50.0. The summed E-state index contributed by atoms with van der Waals surface area (Å²) in [5.74, 6) is 0.924. The summed E-state index contributed by atoms with van der Waals surface area (Å²) >= 11 is 0. The van der Waals surface area contributed by atoms with Gasteiger partial charge in [0.15, 0.2) is 8.32 Å². The molecule has 3 aromatic heterocycles. The number of hydrogen-bond donors (Lipinski definition) is 6. The third-order valence-electron chi connectivity index (χ3n) is 15.5. The summed E-state index contributed by atoms with van der Waals surface area (Å²) in [6.07, 6.45) is 18.9. The Balaban J connectivity index is 0.000000216. The number of rotatable bonds is 19. The van der Waals surface area contributed by atoms with Crippen LogP contribution in [0.15, 0.2) is 90.2 Å². The van der Waals surface area contributed by atoms with Crippen LogP contribution in [0, 0.1) is 0 Å². The smallest absolute Gasteiger partial charge is 0.318 e. The van der Waals surface area contributed by atoms with Gasteiger partial charge in [0.2, 0.25) is 11.9 Å². The molecule has 4 aliphatic rings. The van der Waals surface area contributed by atoms with Gasteiger partial charge >= 0.3 is 12.1 Å². The van der Waals surface area contributed by atoms with E-state index in [1.54, 1.807) is 24.8 Å². The van der Waals surface area contributed by atoms with Gasteiger partial charge in [0.25, 0.3) is 0 Å². The highest BCUT2D eigenvalue weighted by molar-refractivity contribution is 6.74. The summed E-state index contributed by atoms with van der Waals surface area (Å²) in [6.45, 7) is 23.5. The number of aliphatic imine (C=N–C) groups is 1. The number of likely N-dealkylation sites (tertiary alicyclic amines) is 2. The Morgan fingerprint density at radius 1 is 0.790 bits per heavy atom. The third kappa shape index (κ3) is 16.7. The fourth-order valence-corrected chi connectivity index (χ4v) is 11.2. The van der Waals surface area contributed by atoms with Crippen LogP contribution in [0.3, 0.4) is 0 Å². The molecule has 0 spiro atoms. The number of urea groups is 2. The monoisotopic (exact) mass is 1130 g/mol. The number of aliphatic hydroxyl groups is 1. The first-order valence-electron chi connectivity index (χ1n) is 28.9. The number of amides is 4. The number of nitrogens with two attached hydrogens (primary N) is 1. The summed E-state index contributed by atoms with van der Waals surface area (Å²) in [7, 11) is -1.79. The molecule has 21 heteroatoms. The molecule has 2 saturated heterocycles. The van der Waals surface area contributed by atoms with Crippen LogP contribution in [0.2, 0.25) is 18.1 Å². The number of benzene rings is 2. The first-order valence-corrected chi connectivity index (χ1v) is 31.8. The van der Waals surface area contributed by atoms with E-state index in [1.807, 2.05) is 66.6 Å². The number of aromatic nitrogens is 6. The van der Waals surface area contributed by atoms with E-state index in [0.717, 1.165) is 79.6 Å². The van der Waals surface area contributed by atoms with E-state index in [2.05, 4.69) is 111 Å². The summed E-state index contributed by atoms with van der Waals surface area (Å²) in [4.78, 5) is 51.8. The van der Waals surface area contributed by atoms with Gasteiger partial charge in [-0.2, -0.15) is 5.10 Å². The molecule has 0 bridgehead atoms. The minimum Gasteiger partial charge on any atom is -0.415 e. The van der Waals surface area contributed by atoms with E-state index in [-0.39, 0.29) is 60.2 Å². The Morgan fingerprint density at radius 3 is 1.83 bits per heavy atom. The van der Waals surface area contributed by atoms with Gasteiger partial charge in [0.05, 0.1) is 118 Å². The summed E-state index contributed by atoms with van der Waals surface area (Å²) < 4.78 is 19.8. The van der Waals surface area contributed by atoms with Crippen molar-refractivity contribution in [2.45, 2.75) is 161 Å². The molecule has 9 rings (SSSR count). The second-order valence-corrected chi connectivity index (χ2v) is 28.3. The SMILES string of the molecule is CC(C)OC1CN(C(=O)NC2CCCCc3cc(-c4ccnc(NC(C=NCCO)=CN)n4)ccc32)C1.CC(C)OC1CN(C(=O)NC2CCCCc3cc(-c4ccnc(Nc5cnn(CCO[Si](C)(C)C(C)(C)C)c5)n4)ccc32)C1. The molecule has 2 aromatic carbocycles.